The van der Waals surface area contributed by atoms with Gasteiger partial charge in [-0.1, -0.05) is 6.92 Å². The van der Waals surface area contributed by atoms with Crippen LogP contribution in [0.15, 0.2) is 24.3 Å². The SMILES string of the molecule is CCC(C)NCCC(=O)N1CCN(c2ccc(OC)cc2)CC1. The number of anilines is 1. The van der Waals surface area contributed by atoms with Crippen molar-refractivity contribution in [3.8, 4) is 5.75 Å². The largest absolute Gasteiger partial charge is 0.497 e. The Kier molecular flexibility index (Phi) is 6.71. The van der Waals surface area contributed by atoms with E-state index in [0.717, 1.165) is 44.9 Å². The van der Waals surface area contributed by atoms with Gasteiger partial charge in [-0.2, -0.15) is 0 Å². The van der Waals surface area contributed by atoms with E-state index in [4.69, 9.17) is 4.74 Å². The zero-order valence-electron chi connectivity index (χ0n) is 14.5. The van der Waals surface area contributed by atoms with Gasteiger partial charge in [0.15, 0.2) is 0 Å². The summed E-state index contributed by atoms with van der Waals surface area (Å²) in [5.74, 6) is 1.13. The van der Waals surface area contributed by atoms with Crippen LogP contribution < -0.4 is 15.0 Å². The minimum atomic E-state index is 0.259. The highest BCUT2D eigenvalue weighted by Gasteiger charge is 2.21. The predicted octanol–water partition coefficient (Wildman–Crippen LogP) is 2.12. The molecule has 1 N–H and O–H groups in total. The van der Waals surface area contributed by atoms with E-state index in [1.165, 1.54) is 5.69 Å². The molecule has 1 aliphatic rings. The standard InChI is InChI=1S/C18H29N3O2/c1-4-15(2)19-10-9-18(22)21-13-11-20(12-14-21)16-5-7-17(23-3)8-6-16/h5-8,15,19H,4,9-14H2,1-3H3. The maximum absolute atomic E-state index is 12.2. The van der Waals surface area contributed by atoms with Gasteiger partial charge in [-0.15, -0.1) is 0 Å². The second kappa shape index (κ2) is 8.77. The number of hydrogen-bond acceptors (Lipinski definition) is 4. The Labute approximate surface area is 139 Å². The summed E-state index contributed by atoms with van der Waals surface area (Å²) in [5, 5.41) is 3.38. The molecule has 1 aromatic rings. The fourth-order valence-electron chi connectivity index (χ4n) is 2.74. The second-order valence-corrected chi connectivity index (χ2v) is 6.08. The van der Waals surface area contributed by atoms with Gasteiger partial charge in [-0.05, 0) is 37.6 Å². The lowest BCUT2D eigenvalue weighted by molar-refractivity contribution is -0.131. The highest BCUT2D eigenvalue weighted by molar-refractivity contribution is 5.76. The zero-order chi connectivity index (χ0) is 16.7. The molecular weight excluding hydrogens is 290 g/mol. The average Bonchev–Trinajstić information content (AvgIpc) is 2.61. The van der Waals surface area contributed by atoms with Crippen LogP contribution in [-0.4, -0.2) is 56.7 Å². The number of piperazine rings is 1. The number of ether oxygens (including phenoxy) is 1. The maximum Gasteiger partial charge on any atom is 0.223 e. The maximum atomic E-state index is 12.2. The van der Waals surface area contributed by atoms with Crippen molar-refractivity contribution in [2.24, 2.45) is 0 Å². The van der Waals surface area contributed by atoms with Crippen molar-refractivity contribution in [3.05, 3.63) is 24.3 Å². The molecule has 0 aromatic heterocycles. The van der Waals surface area contributed by atoms with Crippen molar-refractivity contribution in [2.75, 3.05) is 44.7 Å². The summed E-state index contributed by atoms with van der Waals surface area (Å²) in [7, 11) is 1.68. The van der Waals surface area contributed by atoms with Gasteiger partial charge in [0.2, 0.25) is 5.91 Å². The summed E-state index contributed by atoms with van der Waals surface area (Å²) in [5.41, 5.74) is 1.19. The van der Waals surface area contributed by atoms with E-state index < -0.39 is 0 Å². The number of methoxy groups -OCH3 is 1. The number of nitrogens with zero attached hydrogens (tertiary/aromatic N) is 2. The number of nitrogens with one attached hydrogen (secondary N) is 1. The predicted molar refractivity (Wildman–Crippen MR) is 94.2 cm³/mol. The van der Waals surface area contributed by atoms with Gasteiger partial charge in [-0.25, -0.2) is 0 Å². The number of rotatable bonds is 7. The molecule has 1 aliphatic heterocycles. The molecule has 1 amide bonds. The molecular formula is C18H29N3O2. The van der Waals surface area contributed by atoms with E-state index in [1.54, 1.807) is 7.11 Å². The van der Waals surface area contributed by atoms with Crippen LogP contribution in [0.1, 0.15) is 26.7 Å². The molecule has 1 unspecified atom stereocenters. The van der Waals surface area contributed by atoms with E-state index in [0.29, 0.717) is 12.5 Å². The van der Waals surface area contributed by atoms with Crippen LogP contribution in [0.2, 0.25) is 0 Å². The first-order chi connectivity index (χ1) is 11.1. The Morgan fingerprint density at radius 1 is 1.22 bits per heavy atom. The third kappa shape index (κ3) is 5.13. The Morgan fingerprint density at radius 3 is 2.43 bits per heavy atom. The van der Waals surface area contributed by atoms with Crippen LogP contribution in [0.5, 0.6) is 5.75 Å². The Hall–Kier alpha value is -1.75. The summed E-state index contributed by atoms with van der Waals surface area (Å²) >= 11 is 0. The average molecular weight is 319 g/mol. The van der Waals surface area contributed by atoms with Crippen LogP contribution in [0.4, 0.5) is 5.69 Å². The molecule has 1 aromatic carbocycles. The smallest absolute Gasteiger partial charge is 0.223 e. The fourth-order valence-corrected chi connectivity index (χ4v) is 2.74. The summed E-state index contributed by atoms with van der Waals surface area (Å²) in [6, 6.07) is 8.59. The van der Waals surface area contributed by atoms with Crippen LogP contribution in [0, 0.1) is 0 Å². The first kappa shape index (κ1) is 17.6. The molecule has 0 bridgehead atoms. The topological polar surface area (TPSA) is 44.8 Å². The molecule has 0 radical (unpaired) electrons. The van der Waals surface area contributed by atoms with E-state index in [-0.39, 0.29) is 5.91 Å². The highest BCUT2D eigenvalue weighted by atomic mass is 16.5. The normalized spacial score (nSPS) is 16.3. The lowest BCUT2D eigenvalue weighted by Crippen LogP contribution is -2.49. The van der Waals surface area contributed by atoms with Crippen molar-refractivity contribution >= 4 is 11.6 Å². The first-order valence-corrected chi connectivity index (χ1v) is 8.54. The monoisotopic (exact) mass is 319 g/mol. The van der Waals surface area contributed by atoms with Crippen molar-refractivity contribution in [1.29, 1.82) is 0 Å². The van der Waals surface area contributed by atoms with Crippen molar-refractivity contribution in [1.82, 2.24) is 10.2 Å². The van der Waals surface area contributed by atoms with Gasteiger partial charge in [0.1, 0.15) is 5.75 Å². The minimum absolute atomic E-state index is 0.259. The molecule has 23 heavy (non-hydrogen) atoms. The number of carbonyl (C=O) groups excluding carboxylic acids is 1. The molecule has 0 spiro atoms. The van der Waals surface area contributed by atoms with E-state index in [9.17, 15) is 4.79 Å². The molecule has 1 heterocycles. The molecule has 0 saturated carbocycles. The number of carbonyl (C=O) groups is 1. The number of benzene rings is 1. The summed E-state index contributed by atoms with van der Waals surface area (Å²) < 4.78 is 5.19. The third-order valence-electron chi connectivity index (χ3n) is 4.51. The highest BCUT2D eigenvalue weighted by Crippen LogP contribution is 2.20. The van der Waals surface area contributed by atoms with Gasteiger partial charge < -0.3 is 19.9 Å². The molecule has 2 rings (SSSR count). The Bertz CT molecular complexity index is 482. The van der Waals surface area contributed by atoms with E-state index >= 15 is 0 Å². The molecule has 5 heteroatoms. The van der Waals surface area contributed by atoms with Gasteiger partial charge >= 0.3 is 0 Å². The van der Waals surface area contributed by atoms with E-state index in [2.05, 4.69) is 36.2 Å². The van der Waals surface area contributed by atoms with Crippen molar-refractivity contribution in [3.63, 3.8) is 0 Å². The molecule has 128 valence electrons. The Balaban J connectivity index is 1.75. The van der Waals surface area contributed by atoms with Gasteiger partial charge in [0.25, 0.3) is 0 Å². The lowest BCUT2D eigenvalue weighted by Gasteiger charge is -2.36. The molecule has 1 atom stereocenters. The summed E-state index contributed by atoms with van der Waals surface area (Å²) in [4.78, 5) is 16.5. The van der Waals surface area contributed by atoms with Crippen LogP contribution in [0.25, 0.3) is 0 Å². The molecule has 0 aliphatic carbocycles. The van der Waals surface area contributed by atoms with Crippen LogP contribution >= 0.6 is 0 Å². The molecule has 1 fully saturated rings. The second-order valence-electron chi connectivity index (χ2n) is 6.08. The van der Waals surface area contributed by atoms with Crippen molar-refractivity contribution < 1.29 is 9.53 Å². The zero-order valence-corrected chi connectivity index (χ0v) is 14.5. The quantitative estimate of drug-likeness (QED) is 0.836. The minimum Gasteiger partial charge on any atom is -0.497 e. The number of hydrogen-bond donors (Lipinski definition) is 1. The van der Waals surface area contributed by atoms with Gasteiger partial charge in [0.05, 0.1) is 7.11 Å². The third-order valence-corrected chi connectivity index (χ3v) is 4.51. The number of amides is 1. The van der Waals surface area contributed by atoms with Crippen LogP contribution in [0.3, 0.4) is 0 Å². The summed E-state index contributed by atoms with van der Waals surface area (Å²) in [6.45, 7) is 8.44. The fraction of sp³-hybridized carbons (Fsp3) is 0.611. The molecule has 1 saturated heterocycles. The van der Waals surface area contributed by atoms with Crippen molar-refractivity contribution in [2.45, 2.75) is 32.7 Å². The van der Waals surface area contributed by atoms with E-state index in [1.807, 2.05) is 17.0 Å². The van der Waals surface area contributed by atoms with Crippen LogP contribution in [-0.2, 0) is 4.79 Å². The Morgan fingerprint density at radius 2 is 1.87 bits per heavy atom. The first-order valence-electron chi connectivity index (χ1n) is 8.54. The van der Waals surface area contributed by atoms with Gasteiger partial charge in [0, 0.05) is 50.9 Å². The summed E-state index contributed by atoms with van der Waals surface area (Å²) in [6.07, 6.45) is 1.68. The lowest BCUT2D eigenvalue weighted by atomic mass is 10.2. The molecule has 5 nitrogen and oxygen atoms in total. The van der Waals surface area contributed by atoms with Gasteiger partial charge in [-0.3, -0.25) is 4.79 Å².